The Balaban J connectivity index is 3.18. The third kappa shape index (κ3) is 5.17. The maximum atomic E-state index is 12.9. The van der Waals surface area contributed by atoms with Crippen molar-refractivity contribution in [3.05, 3.63) is 23.5 Å². The first-order chi connectivity index (χ1) is 12.5. The van der Waals surface area contributed by atoms with Gasteiger partial charge in [0, 0.05) is 51.4 Å². The molecule has 148 valence electrons. The fourth-order valence-electron chi connectivity index (χ4n) is 3.32. The zero-order chi connectivity index (χ0) is 19.7. The van der Waals surface area contributed by atoms with Crippen LogP contribution in [0.4, 0.5) is 0 Å². The van der Waals surface area contributed by atoms with Crippen molar-refractivity contribution in [2.24, 2.45) is 0 Å². The van der Waals surface area contributed by atoms with Crippen molar-refractivity contribution in [3.8, 4) is 0 Å². The molecule has 0 fully saturated rings. The van der Waals surface area contributed by atoms with E-state index in [-0.39, 0.29) is 11.6 Å². The van der Waals surface area contributed by atoms with Gasteiger partial charge in [-0.3, -0.25) is 9.59 Å². The smallest absolute Gasteiger partial charge is 0.205 e. The van der Waals surface area contributed by atoms with Crippen molar-refractivity contribution in [2.75, 3.05) is 39.3 Å². The number of ketones is 2. The van der Waals surface area contributed by atoms with Gasteiger partial charge >= 0.3 is 0 Å². The van der Waals surface area contributed by atoms with Gasteiger partial charge in [-0.25, -0.2) is 10.0 Å². The summed E-state index contributed by atoms with van der Waals surface area (Å²) in [7, 11) is 0. The van der Waals surface area contributed by atoms with Gasteiger partial charge in [0.25, 0.3) is 0 Å². The van der Waals surface area contributed by atoms with Crippen LogP contribution in [0.2, 0.25) is 0 Å². The van der Waals surface area contributed by atoms with Crippen molar-refractivity contribution in [1.29, 1.82) is 0 Å². The average Bonchev–Trinajstić information content (AvgIpc) is 2.64. The Morgan fingerprint density at radius 3 is 1.15 bits per heavy atom. The van der Waals surface area contributed by atoms with Crippen LogP contribution in [-0.2, 0) is 9.59 Å². The average molecular weight is 365 g/mol. The number of hydrazine groups is 2. The van der Waals surface area contributed by atoms with E-state index in [0.717, 1.165) is 52.1 Å². The lowest BCUT2D eigenvalue weighted by Gasteiger charge is -2.39. The molecule has 0 aliphatic heterocycles. The maximum Gasteiger partial charge on any atom is 0.205 e. The summed E-state index contributed by atoms with van der Waals surface area (Å²) in [6, 6.07) is 0. The van der Waals surface area contributed by atoms with Gasteiger partial charge in [-0.2, -0.15) is 0 Å². The Kier molecular flexibility index (Phi) is 9.59. The molecular formula is C20H36N4O2. The summed E-state index contributed by atoms with van der Waals surface area (Å²) >= 11 is 0. The van der Waals surface area contributed by atoms with E-state index in [4.69, 9.17) is 0 Å². The highest BCUT2D eigenvalue weighted by Crippen LogP contribution is 2.22. The van der Waals surface area contributed by atoms with Crippen molar-refractivity contribution in [2.45, 2.75) is 54.4 Å². The van der Waals surface area contributed by atoms with E-state index >= 15 is 0 Å². The second kappa shape index (κ2) is 11.1. The van der Waals surface area contributed by atoms with Gasteiger partial charge in [0.05, 0.1) is 0 Å². The topological polar surface area (TPSA) is 47.1 Å². The summed E-state index contributed by atoms with van der Waals surface area (Å²) in [5, 5.41) is 8.14. The van der Waals surface area contributed by atoms with E-state index in [1.54, 1.807) is 0 Å². The summed E-state index contributed by atoms with van der Waals surface area (Å²) < 4.78 is 0. The van der Waals surface area contributed by atoms with Gasteiger partial charge in [-0.05, 0) is 12.8 Å². The van der Waals surface area contributed by atoms with E-state index in [1.807, 2.05) is 10.0 Å². The molecule has 0 saturated heterocycles. The van der Waals surface area contributed by atoms with Gasteiger partial charge in [0.15, 0.2) is 0 Å². The zero-order valence-corrected chi connectivity index (χ0v) is 17.4. The first kappa shape index (κ1) is 22.4. The summed E-state index contributed by atoms with van der Waals surface area (Å²) in [5.41, 5.74) is 0.973. The van der Waals surface area contributed by atoms with Crippen molar-refractivity contribution in [3.63, 3.8) is 0 Å². The molecule has 6 nitrogen and oxygen atoms in total. The third-order valence-electron chi connectivity index (χ3n) is 4.61. The number of hydrogen-bond acceptors (Lipinski definition) is 6. The Morgan fingerprint density at radius 1 is 0.615 bits per heavy atom. The SMILES string of the molecule is CCCN(C1=CC(=O)C(N(CCC)N(CC)CC)=CC1=O)N(CC)CC. The molecule has 0 radical (unpaired) electrons. The minimum absolute atomic E-state index is 0.0896. The van der Waals surface area contributed by atoms with E-state index in [2.05, 4.69) is 51.6 Å². The molecule has 0 saturated carbocycles. The highest BCUT2D eigenvalue weighted by atomic mass is 16.1. The first-order valence-corrected chi connectivity index (χ1v) is 10.1. The molecule has 0 aromatic carbocycles. The molecule has 1 aliphatic carbocycles. The molecule has 0 atom stereocenters. The van der Waals surface area contributed by atoms with Crippen LogP contribution in [0.1, 0.15) is 54.4 Å². The van der Waals surface area contributed by atoms with Crippen LogP contribution >= 0.6 is 0 Å². The first-order valence-electron chi connectivity index (χ1n) is 10.1. The maximum absolute atomic E-state index is 12.9. The van der Waals surface area contributed by atoms with E-state index in [9.17, 15) is 9.59 Å². The van der Waals surface area contributed by atoms with Gasteiger partial charge in [-0.15, -0.1) is 0 Å². The van der Waals surface area contributed by atoms with Crippen molar-refractivity contribution < 1.29 is 9.59 Å². The number of allylic oxidation sites excluding steroid dienone is 2. The molecule has 0 amide bonds. The molecule has 0 heterocycles. The fraction of sp³-hybridized carbons (Fsp3) is 0.700. The van der Waals surface area contributed by atoms with Crippen LogP contribution in [0.25, 0.3) is 0 Å². The van der Waals surface area contributed by atoms with Crippen LogP contribution in [0.5, 0.6) is 0 Å². The summed E-state index contributed by atoms with van der Waals surface area (Å²) in [4.78, 5) is 25.8. The quantitative estimate of drug-likeness (QED) is 0.392. The predicted octanol–water partition coefficient (Wildman–Crippen LogP) is 2.84. The number of nitrogens with zero attached hydrogens (tertiary/aromatic N) is 4. The lowest BCUT2D eigenvalue weighted by Crippen LogP contribution is -2.47. The highest BCUT2D eigenvalue weighted by molar-refractivity contribution is 6.19. The van der Waals surface area contributed by atoms with Crippen LogP contribution in [0.3, 0.4) is 0 Å². The van der Waals surface area contributed by atoms with Gasteiger partial charge in [0.2, 0.25) is 11.6 Å². The van der Waals surface area contributed by atoms with Crippen molar-refractivity contribution in [1.82, 2.24) is 20.0 Å². The molecule has 0 N–H and O–H groups in total. The molecule has 0 spiro atoms. The van der Waals surface area contributed by atoms with Crippen LogP contribution < -0.4 is 0 Å². The molecule has 6 heteroatoms. The normalized spacial score (nSPS) is 14.8. The second-order valence-corrected chi connectivity index (χ2v) is 6.31. The number of hydrogen-bond donors (Lipinski definition) is 0. The van der Waals surface area contributed by atoms with Crippen LogP contribution in [0, 0.1) is 0 Å². The standard InChI is InChI=1S/C20H36N4O2/c1-7-13-23(21(9-3)10-4)17-15-20(26)18(16-19(17)25)24(14-8-2)22(11-5)12-6/h15-16H,7-14H2,1-6H3. The molecule has 0 unspecified atom stereocenters. The zero-order valence-electron chi connectivity index (χ0n) is 17.4. The molecule has 1 aliphatic rings. The van der Waals surface area contributed by atoms with Crippen LogP contribution in [-0.4, -0.2) is 70.9 Å². The monoisotopic (exact) mass is 364 g/mol. The Morgan fingerprint density at radius 2 is 0.923 bits per heavy atom. The minimum Gasteiger partial charge on any atom is -0.302 e. The van der Waals surface area contributed by atoms with E-state index in [0.29, 0.717) is 11.4 Å². The van der Waals surface area contributed by atoms with Crippen LogP contribution in [0.15, 0.2) is 23.5 Å². The third-order valence-corrected chi connectivity index (χ3v) is 4.61. The van der Waals surface area contributed by atoms with Gasteiger partial charge in [-0.1, -0.05) is 41.5 Å². The van der Waals surface area contributed by atoms with Gasteiger partial charge in [0.1, 0.15) is 11.4 Å². The summed E-state index contributed by atoms with van der Waals surface area (Å²) in [6.07, 6.45) is 4.87. The second-order valence-electron chi connectivity index (χ2n) is 6.31. The molecule has 26 heavy (non-hydrogen) atoms. The highest BCUT2D eigenvalue weighted by Gasteiger charge is 2.30. The lowest BCUT2D eigenvalue weighted by molar-refractivity contribution is -0.121. The number of rotatable bonds is 12. The number of carbonyl (C=O) groups is 2. The Bertz CT molecular complexity index is 486. The fourth-order valence-corrected chi connectivity index (χ4v) is 3.32. The minimum atomic E-state index is -0.0896. The van der Waals surface area contributed by atoms with Gasteiger partial charge < -0.3 is 10.0 Å². The molecule has 1 rings (SSSR count). The lowest BCUT2D eigenvalue weighted by atomic mass is 10.0. The molecule has 0 bridgehead atoms. The number of carbonyl (C=O) groups excluding carboxylic acids is 2. The Hall–Kier alpha value is -1.66. The largest absolute Gasteiger partial charge is 0.302 e. The Labute approximate surface area is 159 Å². The van der Waals surface area contributed by atoms with E-state index in [1.165, 1.54) is 12.2 Å². The summed E-state index contributed by atoms with van der Waals surface area (Å²) in [6.45, 7) is 17.1. The predicted molar refractivity (Wildman–Crippen MR) is 106 cm³/mol. The van der Waals surface area contributed by atoms with Crippen molar-refractivity contribution >= 4 is 11.6 Å². The molecule has 0 aromatic rings. The molecular weight excluding hydrogens is 328 g/mol. The van der Waals surface area contributed by atoms with E-state index < -0.39 is 0 Å². The molecule has 0 aromatic heterocycles. The summed E-state index contributed by atoms with van der Waals surface area (Å²) in [5.74, 6) is -0.179.